The third kappa shape index (κ3) is 2.56. The zero-order valence-corrected chi connectivity index (χ0v) is 11.4. The number of aryl methyl sites for hydroxylation is 1. The Morgan fingerprint density at radius 3 is 2.71 bits per heavy atom. The molecule has 0 aliphatic heterocycles. The van der Waals surface area contributed by atoms with Gasteiger partial charge in [0.15, 0.2) is 5.78 Å². The molecule has 1 aromatic carbocycles. The largest absolute Gasteiger partial charge is 0.288 e. The quantitative estimate of drug-likeness (QED) is 0.784. The molecule has 86 valence electrons. The van der Waals surface area contributed by atoms with Gasteiger partial charge in [0.05, 0.1) is 5.02 Å². The SMILES string of the molecule is Cc1ccncc1C(=O)c1ccc(Br)cc1Cl. The Bertz CT molecular complexity index is 583. The lowest BCUT2D eigenvalue weighted by Gasteiger charge is -2.06. The highest BCUT2D eigenvalue weighted by molar-refractivity contribution is 9.10. The number of halogens is 2. The van der Waals surface area contributed by atoms with Crippen LogP contribution in [0.2, 0.25) is 5.02 Å². The Kier molecular flexibility index (Phi) is 3.60. The van der Waals surface area contributed by atoms with Gasteiger partial charge in [0.25, 0.3) is 0 Å². The van der Waals surface area contributed by atoms with Crippen LogP contribution in [-0.4, -0.2) is 10.8 Å². The van der Waals surface area contributed by atoms with Gasteiger partial charge in [-0.15, -0.1) is 0 Å². The fourth-order valence-electron chi connectivity index (χ4n) is 1.52. The molecular formula is C13H9BrClNO. The number of carbonyl (C=O) groups is 1. The predicted molar refractivity (Wildman–Crippen MR) is 71.6 cm³/mol. The van der Waals surface area contributed by atoms with Crippen LogP contribution in [0.5, 0.6) is 0 Å². The van der Waals surface area contributed by atoms with Crippen molar-refractivity contribution in [2.75, 3.05) is 0 Å². The third-order valence-electron chi connectivity index (χ3n) is 2.46. The molecule has 0 aliphatic carbocycles. The van der Waals surface area contributed by atoms with Gasteiger partial charge < -0.3 is 0 Å². The lowest BCUT2D eigenvalue weighted by atomic mass is 10.0. The number of benzene rings is 1. The van der Waals surface area contributed by atoms with E-state index in [2.05, 4.69) is 20.9 Å². The molecule has 0 unspecified atom stereocenters. The van der Waals surface area contributed by atoms with E-state index in [4.69, 9.17) is 11.6 Å². The topological polar surface area (TPSA) is 30.0 Å². The molecule has 4 heteroatoms. The summed E-state index contributed by atoms with van der Waals surface area (Å²) >= 11 is 9.36. The van der Waals surface area contributed by atoms with Crippen LogP contribution in [0.4, 0.5) is 0 Å². The first-order valence-corrected chi connectivity index (χ1v) is 6.17. The van der Waals surface area contributed by atoms with Crippen LogP contribution in [0, 0.1) is 6.92 Å². The summed E-state index contributed by atoms with van der Waals surface area (Å²) in [7, 11) is 0. The number of carbonyl (C=O) groups excluding carboxylic acids is 1. The van der Waals surface area contributed by atoms with E-state index < -0.39 is 0 Å². The molecule has 1 heterocycles. The van der Waals surface area contributed by atoms with Crippen molar-refractivity contribution in [3.8, 4) is 0 Å². The highest BCUT2D eigenvalue weighted by Gasteiger charge is 2.14. The van der Waals surface area contributed by atoms with Gasteiger partial charge in [0.1, 0.15) is 0 Å². The van der Waals surface area contributed by atoms with Crippen LogP contribution >= 0.6 is 27.5 Å². The van der Waals surface area contributed by atoms with Crippen molar-refractivity contribution >= 4 is 33.3 Å². The summed E-state index contributed by atoms with van der Waals surface area (Å²) in [5.41, 5.74) is 1.96. The summed E-state index contributed by atoms with van der Waals surface area (Å²) in [6.07, 6.45) is 3.23. The van der Waals surface area contributed by atoms with E-state index in [-0.39, 0.29) is 5.78 Å². The zero-order chi connectivity index (χ0) is 12.4. The second-order valence-electron chi connectivity index (χ2n) is 3.64. The van der Waals surface area contributed by atoms with Gasteiger partial charge in [-0.2, -0.15) is 0 Å². The van der Waals surface area contributed by atoms with E-state index in [1.807, 2.05) is 6.92 Å². The lowest BCUT2D eigenvalue weighted by Crippen LogP contribution is -2.04. The highest BCUT2D eigenvalue weighted by atomic mass is 79.9. The number of nitrogens with zero attached hydrogens (tertiary/aromatic N) is 1. The maximum Gasteiger partial charge on any atom is 0.196 e. The van der Waals surface area contributed by atoms with E-state index in [1.165, 1.54) is 0 Å². The molecule has 17 heavy (non-hydrogen) atoms. The molecule has 0 spiro atoms. The Morgan fingerprint density at radius 1 is 1.29 bits per heavy atom. The van der Waals surface area contributed by atoms with Gasteiger partial charge in [0, 0.05) is 28.0 Å². The van der Waals surface area contributed by atoms with Crippen LogP contribution in [0.25, 0.3) is 0 Å². The fraction of sp³-hybridized carbons (Fsp3) is 0.0769. The Labute approximate surface area is 113 Å². The Balaban J connectivity index is 2.48. The summed E-state index contributed by atoms with van der Waals surface area (Å²) in [5.74, 6) is -0.104. The average Bonchev–Trinajstić information content (AvgIpc) is 2.29. The van der Waals surface area contributed by atoms with E-state index in [0.29, 0.717) is 16.1 Å². The van der Waals surface area contributed by atoms with Crippen molar-refractivity contribution in [2.24, 2.45) is 0 Å². The second kappa shape index (κ2) is 4.98. The van der Waals surface area contributed by atoms with E-state index in [0.717, 1.165) is 10.0 Å². The first-order valence-electron chi connectivity index (χ1n) is 5.00. The molecule has 0 fully saturated rings. The number of rotatable bonds is 2. The van der Waals surface area contributed by atoms with E-state index in [1.54, 1.807) is 36.7 Å². The first-order chi connectivity index (χ1) is 8.09. The molecule has 2 rings (SSSR count). The minimum Gasteiger partial charge on any atom is -0.288 e. The van der Waals surface area contributed by atoms with Gasteiger partial charge >= 0.3 is 0 Å². The van der Waals surface area contributed by atoms with Crippen molar-refractivity contribution in [3.63, 3.8) is 0 Å². The summed E-state index contributed by atoms with van der Waals surface area (Å²) in [4.78, 5) is 16.2. The molecule has 2 aromatic rings. The van der Waals surface area contributed by atoms with E-state index in [9.17, 15) is 4.79 Å². The average molecular weight is 311 g/mol. The molecule has 0 saturated carbocycles. The molecule has 0 radical (unpaired) electrons. The maximum absolute atomic E-state index is 12.3. The molecule has 0 aliphatic rings. The first kappa shape index (κ1) is 12.3. The fourth-order valence-corrected chi connectivity index (χ4v) is 2.28. The highest BCUT2D eigenvalue weighted by Crippen LogP contribution is 2.24. The summed E-state index contributed by atoms with van der Waals surface area (Å²) in [5, 5.41) is 0.438. The smallest absolute Gasteiger partial charge is 0.196 e. The second-order valence-corrected chi connectivity index (χ2v) is 4.97. The molecule has 2 nitrogen and oxygen atoms in total. The van der Waals surface area contributed by atoms with Gasteiger partial charge in [-0.1, -0.05) is 27.5 Å². The molecule has 0 amide bonds. The van der Waals surface area contributed by atoms with Gasteiger partial charge in [-0.25, -0.2) is 0 Å². The molecule has 0 saturated heterocycles. The van der Waals surface area contributed by atoms with Gasteiger partial charge in [-0.3, -0.25) is 9.78 Å². The van der Waals surface area contributed by atoms with Crippen molar-refractivity contribution in [1.29, 1.82) is 0 Å². The van der Waals surface area contributed by atoms with Crippen molar-refractivity contribution in [1.82, 2.24) is 4.98 Å². The minimum atomic E-state index is -0.104. The molecule has 0 bridgehead atoms. The number of hydrogen-bond acceptors (Lipinski definition) is 2. The number of hydrogen-bond donors (Lipinski definition) is 0. The van der Waals surface area contributed by atoms with Crippen LogP contribution in [-0.2, 0) is 0 Å². The maximum atomic E-state index is 12.3. The molecular weight excluding hydrogens is 302 g/mol. The van der Waals surface area contributed by atoms with Gasteiger partial charge in [-0.05, 0) is 36.8 Å². The monoisotopic (exact) mass is 309 g/mol. The number of pyridine rings is 1. The van der Waals surface area contributed by atoms with Crippen LogP contribution in [0.15, 0.2) is 41.1 Å². The summed E-state index contributed by atoms with van der Waals surface area (Å²) in [6, 6.07) is 7.02. The Morgan fingerprint density at radius 2 is 2.06 bits per heavy atom. The Hall–Kier alpha value is -1.19. The van der Waals surface area contributed by atoms with Crippen molar-refractivity contribution in [2.45, 2.75) is 6.92 Å². The van der Waals surface area contributed by atoms with Crippen molar-refractivity contribution < 1.29 is 4.79 Å². The third-order valence-corrected chi connectivity index (χ3v) is 3.27. The normalized spacial score (nSPS) is 10.3. The molecule has 1 aromatic heterocycles. The van der Waals surface area contributed by atoms with E-state index >= 15 is 0 Å². The minimum absolute atomic E-state index is 0.104. The summed E-state index contributed by atoms with van der Waals surface area (Å²) < 4.78 is 0.849. The van der Waals surface area contributed by atoms with Gasteiger partial charge in [0.2, 0.25) is 0 Å². The van der Waals surface area contributed by atoms with Crippen molar-refractivity contribution in [3.05, 3.63) is 62.8 Å². The molecule has 0 N–H and O–H groups in total. The van der Waals surface area contributed by atoms with Crippen LogP contribution in [0.3, 0.4) is 0 Å². The molecule has 0 atom stereocenters. The summed E-state index contributed by atoms with van der Waals surface area (Å²) in [6.45, 7) is 1.88. The predicted octanol–water partition coefficient (Wildman–Crippen LogP) is 4.04. The zero-order valence-electron chi connectivity index (χ0n) is 9.08. The standard InChI is InChI=1S/C13H9BrClNO/c1-8-4-5-16-7-11(8)13(17)10-3-2-9(14)6-12(10)15/h2-7H,1H3. The van der Waals surface area contributed by atoms with Crippen LogP contribution in [0.1, 0.15) is 21.5 Å². The number of aromatic nitrogens is 1. The number of ketones is 1. The van der Waals surface area contributed by atoms with Crippen LogP contribution < -0.4 is 0 Å². The lowest BCUT2D eigenvalue weighted by molar-refractivity contribution is 0.103.